The highest BCUT2D eigenvalue weighted by atomic mass is 15.1. The summed E-state index contributed by atoms with van der Waals surface area (Å²) in [6.07, 6.45) is 2.35. The Hall–Kier alpha value is -4.11. The molecule has 0 fully saturated rings. The Bertz CT molecular complexity index is 1570. The van der Waals surface area contributed by atoms with Gasteiger partial charge in [-0.15, -0.1) is 0 Å². The van der Waals surface area contributed by atoms with Gasteiger partial charge in [-0.25, -0.2) is 0 Å². The molecule has 7 rings (SSSR count). The zero-order valence-corrected chi connectivity index (χ0v) is 17.4. The number of hydrogen-bond donors (Lipinski definition) is 0. The maximum absolute atomic E-state index is 2.36. The average Bonchev–Trinajstić information content (AvgIpc) is 3.36. The van der Waals surface area contributed by atoms with Crippen LogP contribution in [0.5, 0.6) is 0 Å². The van der Waals surface area contributed by atoms with Crippen molar-refractivity contribution in [3.05, 3.63) is 132 Å². The molecule has 2 aliphatic heterocycles. The fraction of sp³-hybridized carbons (Fsp3) is 0. The van der Waals surface area contributed by atoms with E-state index in [1.54, 1.807) is 0 Å². The zero-order chi connectivity index (χ0) is 21.1. The molecule has 1 radical (unpaired) electrons. The molecule has 2 nitrogen and oxygen atoms in total. The van der Waals surface area contributed by atoms with Crippen LogP contribution in [0.25, 0.3) is 33.8 Å². The summed E-state index contributed by atoms with van der Waals surface area (Å²) in [5, 5.41) is 2.55. The summed E-state index contributed by atoms with van der Waals surface area (Å²) in [5.74, 6) is 0. The van der Waals surface area contributed by atoms with Crippen molar-refractivity contribution in [1.29, 1.82) is 0 Å². The lowest BCUT2D eigenvalue weighted by atomic mass is 9.99. The fourth-order valence-electron chi connectivity index (χ4n) is 5.15. The molecule has 4 aromatic carbocycles. The van der Waals surface area contributed by atoms with Crippen LogP contribution in [0.3, 0.4) is 0 Å². The predicted molar refractivity (Wildman–Crippen MR) is 133 cm³/mol. The maximum atomic E-state index is 2.36. The van der Waals surface area contributed by atoms with E-state index in [1.165, 1.54) is 55.8 Å². The van der Waals surface area contributed by atoms with Crippen LogP contribution in [0.4, 0.5) is 0 Å². The van der Waals surface area contributed by atoms with Crippen LogP contribution < -0.4 is 0 Å². The molecule has 0 saturated heterocycles. The van der Waals surface area contributed by atoms with Crippen LogP contribution in [0, 0.1) is 0 Å². The highest BCUT2D eigenvalue weighted by Gasteiger charge is 2.41. The second-order valence-corrected chi connectivity index (χ2v) is 8.29. The molecule has 1 aromatic heterocycles. The largest absolute Gasteiger partial charge is 0.700 e. The summed E-state index contributed by atoms with van der Waals surface area (Å²) >= 11 is 0. The molecule has 0 atom stereocenters. The normalized spacial score (nSPS) is 13.9. The first-order chi connectivity index (χ1) is 15.9. The van der Waals surface area contributed by atoms with Gasteiger partial charge in [0.05, 0.1) is 11.1 Å². The lowest BCUT2D eigenvalue weighted by Crippen LogP contribution is -2.29. The Morgan fingerprint density at radius 1 is 0.562 bits per heavy atom. The van der Waals surface area contributed by atoms with Gasteiger partial charge in [-0.1, -0.05) is 84.9 Å². The lowest BCUT2D eigenvalue weighted by molar-refractivity contribution is -0.264. The quantitative estimate of drug-likeness (QED) is 0.315. The number of hydrogen-bond acceptors (Lipinski definition) is 0. The van der Waals surface area contributed by atoms with Crippen molar-refractivity contribution in [2.75, 3.05) is 0 Å². The molecular formula is C29H19BN2+. The van der Waals surface area contributed by atoms with Crippen molar-refractivity contribution in [2.45, 2.75) is 0 Å². The summed E-state index contributed by atoms with van der Waals surface area (Å²) in [5.41, 5.74) is 9.93. The lowest BCUT2D eigenvalue weighted by Gasteiger charge is -2.14. The molecule has 3 heterocycles. The van der Waals surface area contributed by atoms with E-state index in [0.717, 1.165) is 0 Å². The van der Waals surface area contributed by atoms with Gasteiger partial charge in [0.25, 0.3) is 0 Å². The van der Waals surface area contributed by atoms with Crippen LogP contribution in [0.15, 0.2) is 109 Å². The molecular weight excluding hydrogens is 387 g/mol. The smallest absolute Gasteiger partial charge is 0.317 e. The average molecular weight is 406 g/mol. The van der Waals surface area contributed by atoms with Gasteiger partial charge in [0, 0.05) is 33.8 Å². The zero-order valence-electron chi connectivity index (χ0n) is 17.4. The SMILES string of the molecule is [B]1n2c(c3ccccc3c2-c2ccccc2)C=C2c3ccccc3C(c3ccccc3)=[N+]12. The highest BCUT2D eigenvalue weighted by molar-refractivity contribution is 6.36. The first-order valence-electron chi connectivity index (χ1n) is 11.0. The summed E-state index contributed by atoms with van der Waals surface area (Å²) in [6.45, 7) is 0. The molecule has 5 aromatic rings. The van der Waals surface area contributed by atoms with Crippen molar-refractivity contribution >= 4 is 35.8 Å². The van der Waals surface area contributed by atoms with Gasteiger partial charge in [0.2, 0.25) is 0 Å². The molecule has 3 heteroatoms. The minimum atomic E-state index is 1.22. The molecule has 0 saturated carbocycles. The van der Waals surface area contributed by atoms with Crippen molar-refractivity contribution in [1.82, 2.24) is 4.48 Å². The van der Waals surface area contributed by atoms with E-state index >= 15 is 0 Å². The summed E-state index contributed by atoms with van der Waals surface area (Å²) < 4.78 is 4.72. The third-order valence-electron chi connectivity index (χ3n) is 6.52. The van der Waals surface area contributed by atoms with E-state index in [0.29, 0.717) is 0 Å². The number of aromatic nitrogens is 1. The number of rotatable bonds is 2. The summed E-state index contributed by atoms with van der Waals surface area (Å²) in [7, 11) is 2.27. The van der Waals surface area contributed by atoms with Gasteiger partial charge >= 0.3 is 7.55 Å². The van der Waals surface area contributed by atoms with Gasteiger partial charge in [0.1, 0.15) is 0 Å². The third kappa shape index (κ3) is 2.39. The van der Waals surface area contributed by atoms with Crippen LogP contribution in [0.2, 0.25) is 0 Å². The van der Waals surface area contributed by atoms with Gasteiger partial charge in [0.15, 0.2) is 11.4 Å². The van der Waals surface area contributed by atoms with Gasteiger partial charge in [-0.2, -0.15) is 0 Å². The Morgan fingerprint density at radius 2 is 1.16 bits per heavy atom. The van der Waals surface area contributed by atoms with Crippen LogP contribution >= 0.6 is 0 Å². The van der Waals surface area contributed by atoms with Crippen LogP contribution in [-0.4, -0.2) is 22.2 Å². The number of benzene rings is 4. The second kappa shape index (κ2) is 6.70. The van der Waals surface area contributed by atoms with Gasteiger partial charge in [-0.05, 0) is 29.8 Å². The van der Waals surface area contributed by atoms with Crippen molar-refractivity contribution < 1.29 is 4.49 Å². The Kier molecular flexibility index (Phi) is 3.68. The fourth-order valence-corrected chi connectivity index (χ4v) is 5.15. The van der Waals surface area contributed by atoms with E-state index in [1.807, 2.05) is 0 Å². The molecule has 0 unspecified atom stereocenters. The minimum absolute atomic E-state index is 1.22. The summed E-state index contributed by atoms with van der Waals surface area (Å²) in [6, 6.07) is 38.8. The van der Waals surface area contributed by atoms with Crippen molar-refractivity contribution in [3.8, 4) is 11.3 Å². The molecule has 32 heavy (non-hydrogen) atoms. The Balaban J connectivity index is 1.57. The van der Waals surface area contributed by atoms with Crippen molar-refractivity contribution in [3.63, 3.8) is 0 Å². The molecule has 0 N–H and O–H groups in total. The number of nitrogens with zero attached hydrogens (tertiary/aromatic N) is 2. The molecule has 0 spiro atoms. The van der Waals surface area contributed by atoms with Crippen molar-refractivity contribution in [2.24, 2.45) is 0 Å². The van der Waals surface area contributed by atoms with E-state index in [9.17, 15) is 0 Å². The van der Waals surface area contributed by atoms with Gasteiger partial charge in [-0.3, -0.25) is 4.49 Å². The number of fused-ring (bicyclic) bond motifs is 6. The molecule has 0 bridgehead atoms. The topological polar surface area (TPSA) is 7.94 Å². The molecule has 0 aliphatic carbocycles. The molecule has 147 valence electrons. The van der Waals surface area contributed by atoms with E-state index in [-0.39, 0.29) is 0 Å². The molecule has 2 aliphatic rings. The standard InChI is InChI=1S/C29H19BN2/c1-3-11-20(12-4-1)28-24-17-9-7-15-22(24)26-19-27-23-16-8-10-18-25(23)29(32(27)30-31(26)28)21-13-5-2-6-14-21/h1-19H/q+1. The Morgan fingerprint density at radius 3 is 1.91 bits per heavy atom. The van der Waals surface area contributed by atoms with Crippen LogP contribution in [0.1, 0.15) is 22.4 Å². The second-order valence-electron chi connectivity index (χ2n) is 8.29. The first-order valence-corrected chi connectivity index (χ1v) is 11.0. The van der Waals surface area contributed by atoms with E-state index in [2.05, 4.69) is 132 Å². The minimum Gasteiger partial charge on any atom is -0.317 e. The monoisotopic (exact) mass is 406 g/mol. The summed E-state index contributed by atoms with van der Waals surface area (Å²) in [4.78, 5) is 0. The highest BCUT2D eigenvalue weighted by Crippen LogP contribution is 2.40. The van der Waals surface area contributed by atoms with E-state index in [4.69, 9.17) is 0 Å². The van der Waals surface area contributed by atoms with Gasteiger partial charge < -0.3 is 4.48 Å². The predicted octanol–water partition coefficient (Wildman–Crippen LogP) is 6.07. The van der Waals surface area contributed by atoms with Crippen LogP contribution in [-0.2, 0) is 0 Å². The molecule has 0 amide bonds. The van der Waals surface area contributed by atoms with E-state index < -0.39 is 0 Å². The Labute approximate surface area is 187 Å². The third-order valence-corrected chi connectivity index (χ3v) is 6.52. The first kappa shape index (κ1) is 17.6. The maximum Gasteiger partial charge on any atom is 0.700 e.